The zero-order valence-corrected chi connectivity index (χ0v) is 16.6. The number of aromatic nitrogens is 1. The molecule has 7 nitrogen and oxygen atoms in total. The van der Waals surface area contributed by atoms with Crippen molar-refractivity contribution in [2.45, 2.75) is 19.4 Å². The van der Waals surface area contributed by atoms with Crippen LogP contribution in [0.15, 0.2) is 53.5 Å². The molecule has 29 heavy (non-hydrogen) atoms. The number of aliphatic hydroxyl groups is 1. The Morgan fingerprint density at radius 2 is 1.79 bits per heavy atom. The lowest BCUT2D eigenvalue weighted by atomic mass is 10.1. The van der Waals surface area contributed by atoms with E-state index in [1.54, 1.807) is 69.8 Å². The molecule has 0 radical (unpaired) electrons. The number of rotatable bonds is 7. The number of nitrogens with zero attached hydrogens (tertiary/aromatic N) is 1. The van der Waals surface area contributed by atoms with Crippen molar-refractivity contribution in [3.8, 4) is 11.5 Å². The monoisotopic (exact) mass is 396 g/mol. The second kappa shape index (κ2) is 8.79. The Bertz CT molecular complexity index is 1070. The van der Waals surface area contributed by atoms with E-state index >= 15 is 0 Å². The topological polar surface area (TPSA) is 89.8 Å². The highest BCUT2D eigenvalue weighted by Crippen LogP contribution is 2.24. The number of carbonyl (C=O) groups is 1. The van der Waals surface area contributed by atoms with E-state index in [0.29, 0.717) is 28.0 Å². The molecule has 0 aliphatic heterocycles. The van der Waals surface area contributed by atoms with Gasteiger partial charge in [0.05, 0.1) is 33.3 Å². The van der Waals surface area contributed by atoms with Gasteiger partial charge >= 0.3 is 0 Å². The first-order chi connectivity index (χ1) is 14.0. The fraction of sp³-hybridized carbons (Fsp3) is 0.273. The molecule has 1 amide bonds. The SMILES string of the molecule is COc1cc(CC(=O)Nc2cccc3c(=O)n(C(C)CO)ccc23)cc(OC)c1. The zero-order valence-electron chi connectivity index (χ0n) is 16.6. The third kappa shape index (κ3) is 4.41. The van der Waals surface area contributed by atoms with Crippen LogP contribution in [0.4, 0.5) is 5.69 Å². The lowest BCUT2D eigenvalue weighted by Crippen LogP contribution is -2.25. The molecule has 3 rings (SSSR count). The summed E-state index contributed by atoms with van der Waals surface area (Å²) in [7, 11) is 3.11. The Balaban J connectivity index is 1.88. The molecular formula is C22H24N2O5. The number of benzene rings is 2. The minimum absolute atomic E-state index is 0.128. The fourth-order valence-electron chi connectivity index (χ4n) is 3.19. The molecule has 0 saturated carbocycles. The number of methoxy groups -OCH3 is 2. The smallest absolute Gasteiger partial charge is 0.258 e. The van der Waals surface area contributed by atoms with Gasteiger partial charge in [-0.05, 0) is 42.8 Å². The molecule has 1 heterocycles. The molecule has 0 aliphatic carbocycles. The molecule has 0 aliphatic rings. The summed E-state index contributed by atoms with van der Waals surface area (Å²) in [4.78, 5) is 25.3. The molecule has 7 heteroatoms. The van der Waals surface area contributed by atoms with Crippen LogP contribution in [-0.4, -0.2) is 36.4 Å². The fourth-order valence-corrected chi connectivity index (χ4v) is 3.19. The van der Waals surface area contributed by atoms with Gasteiger partial charge in [0.2, 0.25) is 5.91 Å². The number of anilines is 1. The van der Waals surface area contributed by atoms with Crippen molar-refractivity contribution >= 4 is 22.4 Å². The first-order valence-electron chi connectivity index (χ1n) is 9.23. The summed E-state index contributed by atoms with van der Waals surface area (Å²) in [5, 5.41) is 13.3. The molecule has 2 N–H and O–H groups in total. The van der Waals surface area contributed by atoms with Crippen molar-refractivity contribution in [3.05, 3.63) is 64.6 Å². The molecule has 1 aromatic heterocycles. The number of aliphatic hydroxyl groups excluding tert-OH is 1. The van der Waals surface area contributed by atoms with Crippen LogP contribution in [0.2, 0.25) is 0 Å². The van der Waals surface area contributed by atoms with Gasteiger partial charge in [0.25, 0.3) is 5.56 Å². The van der Waals surface area contributed by atoms with E-state index in [9.17, 15) is 14.7 Å². The van der Waals surface area contributed by atoms with Gasteiger partial charge in [-0.2, -0.15) is 0 Å². The first-order valence-corrected chi connectivity index (χ1v) is 9.23. The minimum Gasteiger partial charge on any atom is -0.497 e. The number of hydrogen-bond acceptors (Lipinski definition) is 5. The summed E-state index contributed by atoms with van der Waals surface area (Å²) < 4.78 is 12.0. The molecule has 152 valence electrons. The van der Waals surface area contributed by atoms with E-state index in [4.69, 9.17) is 9.47 Å². The standard InChI is InChI=1S/C22H24N2O5/c1-14(13-25)24-8-7-18-19(22(24)27)5-4-6-20(18)23-21(26)11-15-9-16(28-2)12-17(10-15)29-3/h4-10,12,14,25H,11,13H2,1-3H3,(H,23,26). The lowest BCUT2D eigenvalue weighted by molar-refractivity contribution is -0.115. The van der Waals surface area contributed by atoms with Gasteiger partial charge in [-0.1, -0.05) is 6.07 Å². The number of pyridine rings is 1. The summed E-state index contributed by atoms with van der Waals surface area (Å²) in [6.45, 7) is 1.63. The van der Waals surface area contributed by atoms with Gasteiger partial charge in [-0.25, -0.2) is 0 Å². The van der Waals surface area contributed by atoms with Crippen LogP contribution in [0.1, 0.15) is 18.5 Å². The Hall–Kier alpha value is -3.32. The van der Waals surface area contributed by atoms with Crippen molar-refractivity contribution in [1.29, 1.82) is 0 Å². The maximum Gasteiger partial charge on any atom is 0.258 e. The van der Waals surface area contributed by atoms with Crippen LogP contribution in [0, 0.1) is 0 Å². The van der Waals surface area contributed by atoms with E-state index in [0.717, 1.165) is 5.56 Å². The second-order valence-corrected chi connectivity index (χ2v) is 6.77. The van der Waals surface area contributed by atoms with E-state index in [2.05, 4.69) is 5.32 Å². The summed E-state index contributed by atoms with van der Waals surface area (Å²) in [5.41, 5.74) is 1.10. The van der Waals surface area contributed by atoms with Crippen molar-refractivity contribution < 1.29 is 19.4 Å². The Kier molecular flexibility index (Phi) is 6.19. The molecule has 0 saturated heterocycles. The molecule has 0 fully saturated rings. The van der Waals surface area contributed by atoms with Crippen molar-refractivity contribution in [2.24, 2.45) is 0 Å². The first kappa shape index (κ1) is 20.4. The number of nitrogens with one attached hydrogen (secondary N) is 1. The van der Waals surface area contributed by atoms with Crippen molar-refractivity contribution in [2.75, 3.05) is 26.1 Å². The quantitative estimate of drug-likeness (QED) is 0.641. The predicted octanol–water partition coefficient (Wildman–Crippen LogP) is 2.75. The summed E-state index contributed by atoms with van der Waals surface area (Å²) >= 11 is 0. The van der Waals surface area contributed by atoms with Crippen LogP contribution in [0.5, 0.6) is 11.5 Å². The average molecular weight is 396 g/mol. The minimum atomic E-state index is -0.326. The molecule has 3 aromatic rings. The van der Waals surface area contributed by atoms with Crippen LogP contribution < -0.4 is 20.3 Å². The van der Waals surface area contributed by atoms with Gasteiger partial charge in [-0.15, -0.1) is 0 Å². The Labute approximate surface area is 168 Å². The van der Waals surface area contributed by atoms with Crippen LogP contribution in [0.25, 0.3) is 10.8 Å². The second-order valence-electron chi connectivity index (χ2n) is 6.77. The molecule has 0 spiro atoms. The largest absolute Gasteiger partial charge is 0.497 e. The number of amides is 1. The number of fused-ring (bicyclic) bond motifs is 1. The molecular weight excluding hydrogens is 372 g/mol. The van der Waals surface area contributed by atoms with Crippen molar-refractivity contribution in [3.63, 3.8) is 0 Å². The van der Waals surface area contributed by atoms with Gasteiger partial charge in [-0.3, -0.25) is 9.59 Å². The Morgan fingerprint density at radius 3 is 2.41 bits per heavy atom. The van der Waals surface area contributed by atoms with Gasteiger partial charge < -0.3 is 24.5 Å². The van der Waals surface area contributed by atoms with Gasteiger partial charge in [0.15, 0.2) is 0 Å². The van der Waals surface area contributed by atoms with E-state index in [1.165, 1.54) is 4.57 Å². The lowest BCUT2D eigenvalue weighted by Gasteiger charge is -2.15. The van der Waals surface area contributed by atoms with Gasteiger partial charge in [0.1, 0.15) is 11.5 Å². The normalized spacial score (nSPS) is 11.9. The third-order valence-electron chi connectivity index (χ3n) is 4.76. The van der Waals surface area contributed by atoms with Crippen molar-refractivity contribution in [1.82, 2.24) is 4.57 Å². The van der Waals surface area contributed by atoms with E-state index < -0.39 is 0 Å². The van der Waals surface area contributed by atoms with Crippen LogP contribution in [0.3, 0.4) is 0 Å². The van der Waals surface area contributed by atoms with Crippen LogP contribution >= 0.6 is 0 Å². The maximum absolute atomic E-state index is 12.7. The summed E-state index contributed by atoms with van der Waals surface area (Å²) in [6, 6.07) is 11.9. The maximum atomic E-state index is 12.7. The van der Waals surface area contributed by atoms with Gasteiger partial charge in [0, 0.05) is 28.7 Å². The van der Waals surface area contributed by atoms with E-state index in [1.807, 2.05) is 0 Å². The highest BCUT2D eigenvalue weighted by atomic mass is 16.5. The molecule has 0 bridgehead atoms. The number of hydrogen-bond donors (Lipinski definition) is 2. The van der Waals surface area contributed by atoms with Crippen LogP contribution in [-0.2, 0) is 11.2 Å². The molecule has 1 unspecified atom stereocenters. The van der Waals surface area contributed by atoms with E-state index in [-0.39, 0.29) is 30.5 Å². The third-order valence-corrected chi connectivity index (χ3v) is 4.76. The Morgan fingerprint density at radius 1 is 1.10 bits per heavy atom. The number of ether oxygens (including phenoxy) is 2. The highest BCUT2D eigenvalue weighted by Gasteiger charge is 2.13. The molecule has 2 aromatic carbocycles. The number of carbonyl (C=O) groups excluding carboxylic acids is 1. The highest BCUT2D eigenvalue weighted by molar-refractivity contribution is 6.02. The predicted molar refractivity (Wildman–Crippen MR) is 112 cm³/mol. The average Bonchev–Trinajstić information content (AvgIpc) is 2.73. The zero-order chi connectivity index (χ0) is 21.0. The summed E-state index contributed by atoms with van der Waals surface area (Å²) in [5.74, 6) is 0.993. The molecule has 1 atom stereocenters. The summed E-state index contributed by atoms with van der Waals surface area (Å²) in [6.07, 6.45) is 1.76.